The fourth-order valence-electron chi connectivity index (χ4n) is 8.83. The van der Waals surface area contributed by atoms with Crippen molar-refractivity contribution in [2.24, 2.45) is 0 Å². The van der Waals surface area contributed by atoms with E-state index in [9.17, 15) is 0 Å². The molecule has 0 bridgehead atoms. The number of para-hydroxylation sites is 4. The van der Waals surface area contributed by atoms with Gasteiger partial charge in [-0.25, -0.2) is 9.97 Å². The molecular weight excluding hydrogens is 685 g/mol. The second-order valence-corrected chi connectivity index (χ2v) is 14.3. The summed E-state index contributed by atoms with van der Waals surface area (Å²) >= 11 is 0. The Labute approximate surface area is 321 Å². The molecule has 56 heavy (non-hydrogen) atoms. The second kappa shape index (κ2) is 11.9. The van der Waals surface area contributed by atoms with Crippen LogP contribution in [0.2, 0.25) is 0 Å². The zero-order chi connectivity index (χ0) is 36.7. The molecule has 5 aromatic heterocycles. The van der Waals surface area contributed by atoms with E-state index in [-0.39, 0.29) is 0 Å². The lowest BCUT2D eigenvalue weighted by molar-refractivity contribution is 0.994. The molecule has 5 heterocycles. The van der Waals surface area contributed by atoms with Gasteiger partial charge in [-0.05, 0) is 60.7 Å². The van der Waals surface area contributed by atoms with Gasteiger partial charge in [0.25, 0.3) is 0 Å². The Morgan fingerprint density at radius 1 is 0.357 bits per heavy atom. The van der Waals surface area contributed by atoms with Crippen LogP contribution in [-0.2, 0) is 0 Å². The van der Waals surface area contributed by atoms with E-state index in [1.165, 1.54) is 43.4 Å². The molecule has 0 spiro atoms. The van der Waals surface area contributed by atoms with Crippen molar-refractivity contribution >= 4 is 65.4 Å². The Bertz CT molecular complexity index is 3250. The van der Waals surface area contributed by atoms with Crippen LogP contribution in [0.5, 0.6) is 0 Å². The number of hydrogen-bond acceptors (Lipinski definition) is 2. The third-order valence-electron chi connectivity index (χ3n) is 11.2. The third-order valence-corrected chi connectivity index (χ3v) is 11.2. The summed E-state index contributed by atoms with van der Waals surface area (Å²) in [4.78, 5) is 10.8. The van der Waals surface area contributed by atoms with Gasteiger partial charge >= 0.3 is 0 Å². The van der Waals surface area contributed by atoms with Crippen LogP contribution in [0.25, 0.3) is 99.8 Å². The first-order valence-corrected chi connectivity index (χ1v) is 18.9. The molecule has 0 atom stereocenters. The third kappa shape index (κ3) is 4.44. The van der Waals surface area contributed by atoms with Gasteiger partial charge in [-0.15, -0.1) is 0 Å². The zero-order valence-corrected chi connectivity index (χ0v) is 30.2. The van der Waals surface area contributed by atoms with Gasteiger partial charge in [0.15, 0.2) is 5.82 Å². The summed E-state index contributed by atoms with van der Waals surface area (Å²) in [6.07, 6.45) is 4.35. The van der Waals surface area contributed by atoms with Gasteiger partial charge in [0.05, 0.1) is 33.1 Å². The number of hydrogen-bond donors (Lipinski definition) is 0. The SMILES string of the molecule is c1ccc(-c2nc(-n3c4ccccc4c4c5c(ccc43)ccn5-c3ccccc3)cc(-n3c4ccccc4c4c5c(ccc43)ccn5-c3ccccc3)n2)cc1. The first-order valence-electron chi connectivity index (χ1n) is 18.9. The average Bonchev–Trinajstić information content (AvgIpc) is 4.05. The van der Waals surface area contributed by atoms with Crippen molar-refractivity contribution in [1.29, 1.82) is 0 Å². The Hall–Kier alpha value is -7.70. The van der Waals surface area contributed by atoms with Gasteiger partial charge in [0.2, 0.25) is 0 Å². The first kappa shape index (κ1) is 30.7. The molecule has 6 nitrogen and oxygen atoms in total. The summed E-state index contributed by atoms with van der Waals surface area (Å²) in [5.74, 6) is 2.27. The minimum Gasteiger partial charge on any atom is -0.316 e. The van der Waals surface area contributed by atoms with Crippen LogP contribution in [0.3, 0.4) is 0 Å². The topological polar surface area (TPSA) is 45.5 Å². The van der Waals surface area contributed by atoms with Crippen LogP contribution in [0.4, 0.5) is 0 Å². The Morgan fingerprint density at radius 2 is 0.786 bits per heavy atom. The van der Waals surface area contributed by atoms with E-state index in [0.717, 1.165) is 50.6 Å². The molecule has 262 valence electrons. The van der Waals surface area contributed by atoms with Crippen molar-refractivity contribution in [2.75, 3.05) is 0 Å². The van der Waals surface area contributed by atoms with E-state index in [0.29, 0.717) is 5.82 Å². The quantitative estimate of drug-likeness (QED) is 0.178. The van der Waals surface area contributed by atoms with E-state index < -0.39 is 0 Å². The van der Waals surface area contributed by atoms with Crippen LogP contribution >= 0.6 is 0 Å². The standard InChI is InChI=1S/C50H32N6/c1-4-14-35(15-5-1)50-51-44(55-40-22-12-10-20-38(40)46-42(55)26-24-33-28-30-53(48(33)46)36-16-6-2-7-17-36)32-45(52-50)56-41-23-13-11-21-39(41)47-43(56)27-25-34-29-31-54(49(34)47)37-18-8-3-9-19-37/h1-32H. The molecule has 12 aromatic rings. The fourth-order valence-corrected chi connectivity index (χ4v) is 8.83. The molecule has 0 saturated heterocycles. The zero-order valence-electron chi connectivity index (χ0n) is 30.2. The molecule has 0 fully saturated rings. The van der Waals surface area contributed by atoms with Crippen LogP contribution in [0.1, 0.15) is 0 Å². The maximum absolute atomic E-state index is 5.39. The van der Waals surface area contributed by atoms with Gasteiger partial charge in [0.1, 0.15) is 11.6 Å². The van der Waals surface area contributed by atoms with Gasteiger partial charge < -0.3 is 9.13 Å². The van der Waals surface area contributed by atoms with Crippen molar-refractivity contribution in [1.82, 2.24) is 28.2 Å². The van der Waals surface area contributed by atoms with Gasteiger partial charge in [-0.1, -0.05) is 115 Å². The summed E-state index contributed by atoms with van der Waals surface area (Å²) in [6.45, 7) is 0. The number of fused-ring (bicyclic) bond motifs is 10. The summed E-state index contributed by atoms with van der Waals surface area (Å²) in [5, 5.41) is 7.10. The predicted molar refractivity (Wildman–Crippen MR) is 230 cm³/mol. The normalized spacial score (nSPS) is 11.9. The molecule has 0 amide bonds. The minimum absolute atomic E-state index is 0.664. The highest BCUT2D eigenvalue weighted by molar-refractivity contribution is 6.22. The minimum atomic E-state index is 0.664. The second-order valence-electron chi connectivity index (χ2n) is 14.3. The first-order chi connectivity index (χ1) is 27.8. The highest BCUT2D eigenvalue weighted by Gasteiger charge is 2.22. The van der Waals surface area contributed by atoms with Crippen LogP contribution in [0.15, 0.2) is 194 Å². The van der Waals surface area contributed by atoms with Crippen LogP contribution in [0, 0.1) is 0 Å². The monoisotopic (exact) mass is 716 g/mol. The largest absolute Gasteiger partial charge is 0.316 e. The average molecular weight is 717 g/mol. The van der Waals surface area contributed by atoms with Crippen LogP contribution < -0.4 is 0 Å². The van der Waals surface area contributed by atoms with Gasteiger partial charge in [-0.3, -0.25) is 9.13 Å². The summed E-state index contributed by atoms with van der Waals surface area (Å²) in [7, 11) is 0. The Kier molecular flexibility index (Phi) is 6.53. The molecule has 7 aromatic carbocycles. The van der Waals surface area contributed by atoms with E-state index in [2.05, 4.69) is 207 Å². The smallest absolute Gasteiger partial charge is 0.163 e. The summed E-state index contributed by atoms with van der Waals surface area (Å²) in [5.41, 5.74) is 9.91. The molecule has 6 heteroatoms. The fraction of sp³-hybridized carbons (Fsp3) is 0. The van der Waals surface area contributed by atoms with Crippen molar-refractivity contribution in [3.05, 3.63) is 194 Å². The highest BCUT2D eigenvalue weighted by Crippen LogP contribution is 2.41. The Morgan fingerprint density at radius 3 is 1.27 bits per heavy atom. The molecule has 0 aliphatic heterocycles. The molecule has 12 rings (SSSR count). The Balaban J connectivity index is 1.19. The van der Waals surface area contributed by atoms with Crippen molar-refractivity contribution in [3.8, 4) is 34.4 Å². The number of nitrogens with zero attached hydrogens (tertiary/aromatic N) is 6. The highest BCUT2D eigenvalue weighted by atomic mass is 15.1. The van der Waals surface area contributed by atoms with E-state index >= 15 is 0 Å². The lowest BCUT2D eigenvalue weighted by Crippen LogP contribution is -2.06. The van der Waals surface area contributed by atoms with E-state index in [1.54, 1.807) is 0 Å². The lowest BCUT2D eigenvalue weighted by Gasteiger charge is -2.14. The molecule has 0 N–H and O–H groups in total. The molecule has 0 aliphatic carbocycles. The predicted octanol–water partition coefficient (Wildman–Crippen LogP) is 12.2. The van der Waals surface area contributed by atoms with Crippen molar-refractivity contribution < 1.29 is 0 Å². The van der Waals surface area contributed by atoms with Crippen molar-refractivity contribution in [3.63, 3.8) is 0 Å². The lowest BCUT2D eigenvalue weighted by atomic mass is 10.1. The number of aromatic nitrogens is 6. The van der Waals surface area contributed by atoms with Gasteiger partial charge in [0, 0.05) is 67.7 Å². The molecule has 0 aliphatic rings. The molecule has 0 unspecified atom stereocenters. The maximum atomic E-state index is 5.39. The molecule has 0 saturated carbocycles. The van der Waals surface area contributed by atoms with E-state index in [4.69, 9.17) is 9.97 Å². The number of rotatable bonds is 5. The molecule has 0 radical (unpaired) electrons. The van der Waals surface area contributed by atoms with E-state index in [1.807, 2.05) is 6.07 Å². The van der Waals surface area contributed by atoms with Gasteiger partial charge in [-0.2, -0.15) is 0 Å². The van der Waals surface area contributed by atoms with Crippen molar-refractivity contribution in [2.45, 2.75) is 0 Å². The van der Waals surface area contributed by atoms with Crippen LogP contribution in [-0.4, -0.2) is 28.2 Å². The summed E-state index contributed by atoms with van der Waals surface area (Å²) in [6, 6.07) is 64.4. The molecular formula is C50H32N6. The maximum Gasteiger partial charge on any atom is 0.163 e. The summed E-state index contributed by atoms with van der Waals surface area (Å²) < 4.78 is 9.24. The number of benzene rings is 7.